The number of hydrogen-bond donors (Lipinski definition) is 2. The van der Waals surface area contributed by atoms with Gasteiger partial charge in [0.25, 0.3) is 5.91 Å². The van der Waals surface area contributed by atoms with Gasteiger partial charge in [0, 0.05) is 6.54 Å². The normalized spacial score (nSPS) is 10.3. The SMILES string of the molecule is Cc1ncc(N)cc1C(=O)NCCc1cccc(F)c1. The lowest BCUT2D eigenvalue weighted by Crippen LogP contribution is -2.26. The van der Waals surface area contributed by atoms with Crippen molar-refractivity contribution in [3.8, 4) is 0 Å². The number of amides is 1. The van der Waals surface area contributed by atoms with Crippen LogP contribution in [0.4, 0.5) is 10.1 Å². The van der Waals surface area contributed by atoms with E-state index in [1.54, 1.807) is 19.1 Å². The topological polar surface area (TPSA) is 68.0 Å². The number of nitrogens with two attached hydrogens (primary N) is 1. The molecule has 5 heteroatoms. The number of pyridine rings is 1. The molecule has 0 spiro atoms. The smallest absolute Gasteiger partial charge is 0.253 e. The van der Waals surface area contributed by atoms with Crippen LogP contribution in [-0.4, -0.2) is 17.4 Å². The van der Waals surface area contributed by atoms with E-state index >= 15 is 0 Å². The summed E-state index contributed by atoms with van der Waals surface area (Å²) in [4.78, 5) is 16.0. The molecular weight excluding hydrogens is 257 g/mol. The first kappa shape index (κ1) is 14.0. The maximum Gasteiger partial charge on any atom is 0.253 e. The molecule has 0 radical (unpaired) electrons. The molecule has 4 nitrogen and oxygen atoms in total. The van der Waals surface area contributed by atoms with Crippen molar-refractivity contribution in [2.45, 2.75) is 13.3 Å². The predicted molar refractivity (Wildman–Crippen MR) is 75.8 cm³/mol. The molecule has 0 saturated heterocycles. The van der Waals surface area contributed by atoms with Gasteiger partial charge in [0.1, 0.15) is 5.82 Å². The zero-order chi connectivity index (χ0) is 14.5. The lowest BCUT2D eigenvalue weighted by molar-refractivity contribution is 0.0953. The lowest BCUT2D eigenvalue weighted by atomic mass is 10.1. The molecule has 0 aliphatic carbocycles. The second-order valence-electron chi connectivity index (χ2n) is 4.54. The summed E-state index contributed by atoms with van der Waals surface area (Å²) in [6.07, 6.45) is 2.08. The Morgan fingerprint density at radius 1 is 1.40 bits per heavy atom. The van der Waals surface area contributed by atoms with Crippen LogP contribution in [0.3, 0.4) is 0 Å². The summed E-state index contributed by atoms with van der Waals surface area (Å²) >= 11 is 0. The van der Waals surface area contributed by atoms with Gasteiger partial charge in [-0.1, -0.05) is 12.1 Å². The van der Waals surface area contributed by atoms with Crippen molar-refractivity contribution in [2.75, 3.05) is 12.3 Å². The average molecular weight is 273 g/mol. The molecule has 0 unspecified atom stereocenters. The van der Waals surface area contributed by atoms with Crippen LogP contribution >= 0.6 is 0 Å². The number of nitrogen functional groups attached to an aromatic ring is 1. The average Bonchev–Trinajstić information content (AvgIpc) is 2.41. The van der Waals surface area contributed by atoms with E-state index in [9.17, 15) is 9.18 Å². The molecule has 1 heterocycles. The first-order valence-electron chi connectivity index (χ1n) is 6.31. The molecule has 20 heavy (non-hydrogen) atoms. The summed E-state index contributed by atoms with van der Waals surface area (Å²) in [6.45, 7) is 2.18. The van der Waals surface area contributed by atoms with Gasteiger partial charge in [0.05, 0.1) is 23.1 Å². The zero-order valence-corrected chi connectivity index (χ0v) is 11.2. The number of benzene rings is 1. The highest BCUT2D eigenvalue weighted by molar-refractivity contribution is 5.95. The van der Waals surface area contributed by atoms with E-state index in [1.165, 1.54) is 18.3 Å². The zero-order valence-electron chi connectivity index (χ0n) is 11.2. The largest absolute Gasteiger partial charge is 0.397 e. The first-order chi connectivity index (χ1) is 9.56. The Labute approximate surface area is 116 Å². The molecule has 2 rings (SSSR count). The van der Waals surface area contributed by atoms with E-state index in [0.29, 0.717) is 29.9 Å². The fraction of sp³-hybridized carbons (Fsp3) is 0.200. The predicted octanol–water partition coefficient (Wildman–Crippen LogP) is 2.08. The van der Waals surface area contributed by atoms with Gasteiger partial charge < -0.3 is 11.1 Å². The van der Waals surface area contributed by atoms with E-state index < -0.39 is 0 Å². The number of rotatable bonds is 4. The van der Waals surface area contributed by atoms with Gasteiger partial charge in [-0.3, -0.25) is 9.78 Å². The van der Waals surface area contributed by atoms with Crippen molar-refractivity contribution in [1.29, 1.82) is 0 Å². The van der Waals surface area contributed by atoms with Gasteiger partial charge in [-0.15, -0.1) is 0 Å². The van der Waals surface area contributed by atoms with Crippen molar-refractivity contribution in [3.63, 3.8) is 0 Å². The highest BCUT2D eigenvalue weighted by Crippen LogP contribution is 2.09. The molecule has 0 fully saturated rings. The second kappa shape index (κ2) is 6.14. The van der Waals surface area contributed by atoms with Crippen LogP contribution in [-0.2, 0) is 6.42 Å². The Morgan fingerprint density at radius 3 is 2.95 bits per heavy atom. The van der Waals surface area contributed by atoms with Crippen LogP contribution in [0.1, 0.15) is 21.6 Å². The fourth-order valence-electron chi connectivity index (χ4n) is 1.89. The van der Waals surface area contributed by atoms with Crippen LogP contribution in [0.15, 0.2) is 36.5 Å². The number of aryl methyl sites for hydroxylation is 1. The summed E-state index contributed by atoms with van der Waals surface area (Å²) in [6, 6.07) is 7.92. The Hall–Kier alpha value is -2.43. The number of aromatic nitrogens is 1. The molecule has 0 aliphatic rings. The summed E-state index contributed by atoms with van der Waals surface area (Å²) in [7, 11) is 0. The van der Waals surface area contributed by atoms with Crippen LogP contribution in [0.25, 0.3) is 0 Å². The lowest BCUT2D eigenvalue weighted by Gasteiger charge is -2.08. The molecule has 0 atom stereocenters. The van der Waals surface area contributed by atoms with Crippen molar-refractivity contribution >= 4 is 11.6 Å². The highest BCUT2D eigenvalue weighted by atomic mass is 19.1. The molecule has 0 saturated carbocycles. The molecule has 0 aliphatic heterocycles. The van der Waals surface area contributed by atoms with E-state index in [-0.39, 0.29) is 11.7 Å². The minimum atomic E-state index is -0.273. The van der Waals surface area contributed by atoms with Crippen molar-refractivity contribution in [1.82, 2.24) is 10.3 Å². The Morgan fingerprint density at radius 2 is 2.20 bits per heavy atom. The van der Waals surface area contributed by atoms with Gasteiger partial charge in [-0.2, -0.15) is 0 Å². The fourth-order valence-corrected chi connectivity index (χ4v) is 1.89. The standard InChI is InChI=1S/C15H16FN3O/c1-10-14(8-13(17)9-19-10)15(20)18-6-5-11-3-2-4-12(16)7-11/h2-4,7-9H,5-6,17H2,1H3,(H,18,20). The van der Waals surface area contributed by atoms with E-state index in [2.05, 4.69) is 10.3 Å². The number of hydrogen-bond acceptors (Lipinski definition) is 3. The maximum atomic E-state index is 13.0. The number of anilines is 1. The minimum Gasteiger partial charge on any atom is -0.397 e. The highest BCUT2D eigenvalue weighted by Gasteiger charge is 2.09. The molecule has 3 N–H and O–H groups in total. The van der Waals surface area contributed by atoms with Crippen molar-refractivity contribution < 1.29 is 9.18 Å². The molecule has 2 aromatic rings. The van der Waals surface area contributed by atoms with E-state index in [0.717, 1.165) is 5.56 Å². The van der Waals surface area contributed by atoms with Crippen molar-refractivity contribution in [2.24, 2.45) is 0 Å². The number of nitrogens with zero attached hydrogens (tertiary/aromatic N) is 1. The van der Waals surface area contributed by atoms with Crippen LogP contribution in [0.5, 0.6) is 0 Å². The molecule has 1 aromatic heterocycles. The Balaban J connectivity index is 1.94. The third-order valence-corrected chi connectivity index (χ3v) is 2.94. The van der Waals surface area contributed by atoms with Gasteiger partial charge >= 0.3 is 0 Å². The monoisotopic (exact) mass is 273 g/mol. The third kappa shape index (κ3) is 3.54. The number of carbonyl (C=O) groups excluding carboxylic acids is 1. The molecule has 1 amide bonds. The van der Waals surface area contributed by atoms with E-state index in [1.807, 2.05) is 6.07 Å². The molecule has 1 aromatic carbocycles. The van der Waals surface area contributed by atoms with E-state index in [4.69, 9.17) is 5.73 Å². The second-order valence-corrected chi connectivity index (χ2v) is 4.54. The molecule has 104 valence electrons. The summed E-state index contributed by atoms with van der Waals surface area (Å²) in [5.41, 5.74) is 8.00. The van der Waals surface area contributed by atoms with Crippen LogP contribution < -0.4 is 11.1 Å². The molecular formula is C15H16FN3O. The first-order valence-corrected chi connectivity index (χ1v) is 6.31. The van der Waals surface area contributed by atoms with Crippen LogP contribution in [0, 0.1) is 12.7 Å². The van der Waals surface area contributed by atoms with Gasteiger partial charge in [0.2, 0.25) is 0 Å². The third-order valence-electron chi connectivity index (χ3n) is 2.94. The molecule has 0 bridgehead atoms. The quantitative estimate of drug-likeness (QED) is 0.896. The minimum absolute atomic E-state index is 0.223. The summed E-state index contributed by atoms with van der Waals surface area (Å²) < 4.78 is 13.0. The Bertz CT molecular complexity index is 628. The number of carbonyl (C=O) groups is 1. The summed E-state index contributed by atoms with van der Waals surface area (Å²) in [5.74, 6) is -0.497. The van der Waals surface area contributed by atoms with Crippen molar-refractivity contribution in [3.05, 3.63) is 59.2 Å². The van der Waals surface area contributed by atoms with Crippen LogP contribution in [0.2, 0.25) is 0 Å². The van der Waals surface area contributed by atoms with Gasteiger partial charge in [-0.05, 0) is 37.1 Å². The number of halogens is 1. The van der Waals surface area contributed by atoms with Gasteiger partial charge in [-0.25, -0.2) is 4.39 Å². The summed E-state index contributed by atoms with van der Waals surface area (Å²) in [5, 5.41) is 2.78. The van der Waals surface area contributed by atoms with Gasteiger partial charge in [0.15, 0.2) is 0 Å². The Kier molecular flexibility index (Phi) is 4.30. The maximum absolute atomic E-state index is 13.0. The number of nitrogens with one attached hydrogen (secondary N) is 1.